The van der Waals surface area contributed by atoms with Crippen LogP contribution < -0.4 is 18.9 Å². The number of halogens is 7. The van der Waals surface area contributed by atoms with Crippen LogP contribution in [0, 0.1) is 0 Å². The number of H-pyrrole nitrogens is 1. The van der Waals surface area contributed by atoms with Crippen molar-refractivity contribution in [3.05, 3.63) is 163 Å². The van der Waals surface area contributed by atoms with E-state index in [1.807, 2.05) is 93.0 Å². The highest BCUT2D eigenvalue weighted by Crippen LogP contribution is 2.39. The normalized spacial score (nSPS) is 11.7. The van der Waals surface area contributed by atoms with Crippen molar-refractivity contribution in [3.8, 4) is 67.6 Å². The van der Waals surface area contributed by atoms with Gasteiger partial charge in [-0.2, -0.15) is 41.6 Å². The third-order valence-corrected chi connectivity index (χ3v) is 15.4. The summed E-state index contributed by atoms with van der Waals surface area (Å²) >= 11 is 3.20. The number of rotatable bonds is 21. The topological polar surface area (TPSA) is 240 Å². The van der Waals surface area contributed by atoms with E-state index in [9.17, 15) is 45.5 Å². The van der Waals surface area contributed by atoms with Gasteiger partial charge in [0.2, 0.25) is 0 Å². The summed E-state index contributed by atoms with van der Waals surface area (Å²) in [6.07, 6.45) is 12.9. The van der Waals surface area contributed by atoms with Gasteiger partial charge in [0.1, 0.15) is 63.2 Å². The average Bonchev–Trinajstić information content (AvgIpc) is 1.76. The number of methoxy groups -OCH3 is 5. The number of benzene rings is 2. The lowest BCUT2D eigenvalue weighted by atomic mass is 10.00. The lowest BCUT2D eigenvalue weighted by molar-refractivity contribution is -0.152. The van der Waals surface area contributed by atoms with Crippen LogP contribution in [0.25, 0.3) is 61.6 Å². The third-order valence-electron chi connectivity index (χ3n) is 15.0. The van der Waals surface area contributed by atoms with E-state index < -0.39 is 60.7 Å². The van der Waals surface area contributed by atoms with Crippen LogP contribution in [0.4, 0.5) is 26.3 Å². The Hall–Kier alpha value is -10.2. The van der Waals surface area contributed by atoms with E-state index in [1.54, 1.807) is 99.5 Å². The fourth-order valence-corrected chi connectivity index (χ4v) is 10.0. The second kappa shape index (κ2) is 30.3. The van der Waals surface area contributed by atoms with E-state index in [-0.39, 0.29) is 52.5 Å². The molecule has 0 bridgehead atoms. The fourth-order valence-electron chi connectivity index (χ4n) is 9.60. The van der Waals surface area contributed by atoms with Crippen molar-refractivity contribution in [2.45, 2.75) is 83.7 Å². The summed E-state index contributed by atoms with van der Waals surface area (Å²) in [6, 6.07) is 17.9. The number of nitrogens with zero attached hydrogens (tertiary/aromatic N) is 11. The number of nitrogens with one attached hydrogen (secondary N) is 1. The van der Waals surface area contributed by atoms with E-state index in [0.717, 1.165) is 44.7 Å². The number of alkyl halides is 6. The number of fused-ring (bicyclic) bond motifs is 3. The number of aromatic nitrogens is 12. The quantitative estimate of drug-likeness (QED) is 0.0399. The molecule has 11 rings (SSSR count). The number of ether oxygens (including phenoxy) is 6. The Morgan fingerprint density at radius 3 is 1.45 bits per heavy atom. The zero-order chi connectivity index (χ0) is 69.0. The molecule has 29 heteroatoms. The maximum atomic E-state index is 12.7. The molecule has 1 N–H and O–H groups in total. The number of carbonyl (C=O) groups excluding carboxylic acids is 4. The van der Waals surface area contributed by atoms with Crippen molar-refractivity contribution in [2.75, 3.05) is 48.8 Å². The molecule has 0 aliphatic carbocycles. The molecule has 0 spiro atoms. The highest BCUT2D eigenvalue weighted by molar-refractivity contribution is 9.10. The zero-order valence-electron chi connectivity index (χ0n) is 53.2. The van der Waals surface area contributed by atoms with Crippen molar-refractivity contribution in [1.82, 2.24) is 57.9 Å². The smallest absolute Gasteiger partial charge is 0.389 e. The van der Waals surface area contributed by atoms with E-state index in [2.05, 4.69) is 51.3 Å². The van der Waals surface area contributed by atoms with Crippen LogP contribution in [0.2, 0.25) is 0 Å². The highest BCUT2D eigenvalue weighted by atomic mass is 79.9. The van der Waals surface area contributed by atoms with E-state index in [0.29, 0.717) is 28.0 Å². The first kappa shape index (κ1) is 70.7. The number of pyridine rings is 3. The number of hydrogen-bond donors (Lipinski definition) is 1. The molecule has 9 heterocycles. The predicted octanol–water partition coefficient (Wildman–Crippen LogP) is 13.6. The minimum Gasteiger partial charge on any atom is -0.496 e. The molecule has 0 atom stereocenters. The summed E-state index contributed by atoms with van der Waals surface area (Å²) in [7, 11) is 6.81. The van der Waals surface area contributed by atoms with Gasteiger partial charge in [-0.25, -0.2) is 19.7 Å². The van der Waals surface area contributed by atoms with Gasteiger partial charge in [0.25, 0.3) is 0 Å². The fraction of sp³-hybridized carbons (Fsp3) is 0.303. The molecular formula is C66H67BrF6N12O10. The maximum absolute atomic E-state index is 12.7. The summed E-state index contributed by atoms with van der Waals surface area (Å²) in [4.78, 5) is 62.1. The largest absolute Gasteiger partial charge is 0.496 e. The Morgan fingerprint density at radius 2 is 1.00 bits per heavy atom. The van der Waals surface area contributed by atoms with Gasteiger partial charge in [0, 0.05) is 109 Å². The number of ketones is 3. The summed E-state index contributed by atoms with van der Waals surface area (Å²) in [6.45, 7) is 9.25. The number of aromatic amines is 1. The summed E-state index contributed by atoms with van der Waals surface area (Å²) in [5.41, 5.74) is 7.67. The van der Waals surface area contributed by atoms with Crippen LogP contribution in [-0.2, 0) is 30.1 Å². The molecule has 11 aromatic rings. The SMILES string of the molecule is CCOC(=O)C(C)(C)n1cc(-c2ccn3ccnc3c2)cn1.COCC(=O)C(C)(C)n1cc(-c2ccn3c(-c4cc(OC)c(C(=O)CCC(F)(F)F)c(OC)c4)cnc3c2)cn1.COc1cc(Br)cc(OC)c1C(=O)CCC(F)(F)F.c1cn2ccc(-c3cn[nH]c3)cc2n1. The predicted molar refractivity (Wildman–Crippen MR) is 343 cm³/mol. The van der Waals surface area contributed by atoms with Crippen molar-refractivity contribution in [3.63, 3.8) is 0 Å². The zero-order valence-corrected chi connectivity index (χ0v) is 54.8. The van der Waals surface area contributed by atoms with Crippen molar-refractivity contribution < 1.29 is 73.9 Å². The van der Waals surface area contributed by atoms with Crippen LogP contribution in [0.5, 0.6) is 23.0 Å². The molecule has 2 aromatic carbocycles. The first-order valence-electron chi connectivity index (χ1n) is 29.1. The molecule has 0 saturated heterocycles. The lowest BCUT2D eigenvalue weighted by Crippen LogP contribution is -2.38. The number of hydrogen-bond acceptors (Lipinski definition) is 16. The Bertz CT molecular complexity index is 4420. The van der Waals surface area contributed by atoms with Gasteiger partial charge in [-0.3, -0.25) is 33.2 Å². The van der Waals surface area contributed by atoms with Gasteiger partial charge in [-0.1, -0.05) is 15.9 Å². The summed E-state index contributed by atoms with van der Waals surface area (Å²) < 4.78 is 115. The molecule has 22 nitrogen and oxygen atoms in total. The van der Waals surface area contributed by atoms with E-state index in [1.165, 1.54) is 47.7 Å². The minimum absolute atomic E-state index is 0.0245. The first-order chi connectivity index (χ1) is 45.1. The molecule has 0 aliphatic heterocycles. The van der Waals surface area contributed by atoms with Crippen LogP contribution in [0.3, 0.4) is 0 Å². The van der Waals surface area contributed by atoms with Crippen molar-refractivity contribution in [1.29, 1.82) is 0 Å². The summed E-state index contributed by atoms with van der Waals surface area (Å²) in [5.74, 6) is -1.24. The molecule has 0 radical (unpaired) electrons. The Morgan fingerprint density at radius 1 is 0.537 bits per heavy atom. The van der Waals surface area contributed by atoms with Crippen LogP contribution >= 0.6 is 15.9 Å². The molecule has 95 heavy (non-hydrogen) atoms. The number of carbonyl (C=O) groups is 4. The van der Waals surface area contributed by atoms with E-state index in [4.69, 9.17) is 28.4 Å². The van der Waals surface area contributed by atoms with Gasteiger partial charge in [-0.15, -0.1) is 0 Å². The second-order valence-corrected chi connectivity index (χ2v) is 23.0. The molecule has 0 unspecified atom stereocenters. The van der Waals surface area contributed by atoms with Crippen LogP contribution in [0.15, 0.2) is 152 Å². The van der Waals surface area contributed by atoms with Crippen molar-refractivity contribution >= 4 is 56.2 Å². The first-order valence-corrected chi connectivity index (χ1v) is 29.9. The molecular weight excluding hydrogens is 1310 g/mol. The van der Waals surface area contributed by atoms with Gasteiger partial charge in [0.15, 0.2) is 22.9 Å². The second-order valence-electron chi connectivity index (χ2n) is 22.0. The average molecular weight is 1380 g/mol. The van der Waals surface area contributed by atoms with Gasteiger partial charge in [0.05, 0.1) is 78.4 Å². The summed E-state index contributed by atoms with van der Waals surface area (Å²) in [5, 5.41) is 15.4. The monoisotopic (exact) mass is 1380 g/mol. The molecule has 0 aliphatic rings. The number of Topliss-reactive ketones (excluding diaryl/α,β-unsaturated/α-hetero) is 3. The molecule has 0 saturated carbocycles. The van der Waals surface area contributed by atoms with Crippen LogP contribution in [-0.4, -0.2) is 142 Å². The standard InChI is InChI=1S/C28H29F3N4O5.C16H18N4O2.C12H12BrF3O3.C10H8N4/c1-27(2,24(37)16-38-3)35-15-19(13-33-35)17-7-9-34-20(14-32-25(34)12-17)18-10-22(39-4)26(23(11-18)40-5)21(36)6-8-28(29,30)31;1-4-22-15(21)16(2,3)20-11-13(10-18-20)12-5-7-19-8-6-17-14(19)9-12;1-18-9-5-7(13)6-10(19-2)11(9)8(17)3-4-12(14,15)16;1-3-14-4-2-11-10(14)5-8(1)9-6-12-13-7-9/h7,9-15H,6,8,16H2,1-5H3;5-11H,4H2,1-3H3;5-6H,3-4H2,1-2H3;1-7H,(H,12,13). The molecule has 9 aromatic heterocycles. The van der Waals surface area contributed by atoms with Crippen LogP contribution in [0.1, 0.15) is 81.0 Å². The maximum Gasteiger partial charge on any atom is 0.389 e. The highest BCUT2D eigenvalue weighted by Gasteiger charge is 2.34. The van der Waals surface area contributed by atoms with Gasteiger partial charge < -0.3 is 37.2 Å². The Kier molecular flexibility index (Phi) is 22.5. The molecule has 500 valence electrons. The number of imidazole rings is 3. The van der Waals surface area contributed by atoms with E-state index >= 15 is 0 Å². The Labute approximate surface area is 548 Å². The van der Waals surface area contributed by atoms with Gasteiger partial charge >= 0.3 is 18.3 Å². The minimum atomic E-state index is -4.46. The third kappa shape index (κ3) is 17.2. The van der Waals surface area contributed by atoms with Crippen molar-refractivity contribution in [2.24, 2.45) is 0 Å². The molecule has 0 amide bonds. The Balaban J connectivity index is 0.000000177. The lowest BCUT2D eigenvalue weighted by Gasteiger charge is -2.23. The number of esters is 1. The van der Waals surface area contributed by atoms with Gasteiger partial charge in [-0.05, 0) is 112 Å². The molecule has 0 fully saturated rings.